The van der Waals surface area contributed by atoms with Crippen molar-refractivity contribution in [1.82, 2.24) is 0 Å². The summed E-state index contributed by atoms with van der Waals surface area (Å²) in [6.45, 7) is 14.0. The van der Waals surface area contributed by atoms with Gasteiger partial charge in [-0.05, 0) is 104 Å². The Bertz CT molecular complexity index is 1130. The van der Waals surface area contributed by atoms with Gasteiger partial charge in [0.25, 0.3) is 0 Å². The first-order chi connectivity index (χ1) is 19.1. The molecule has 1 unspecified atom stereocenters. The molecule has 1 aliphatic carbocycles. The Labute approximate surface area is 243 Å². The van der Waals surface area contributed by atoms with E-state index in [-0.39, 0.29) is 5.92 Å². The zero-order valence-electron chi connectivity index (χ0n) is 25.8. The third kappa shape index (κ3) is 9.28. The highest BCUT2D eigenvalue weighted by atomic mass is 31.2. The standard InChI is InChI=1S/C34H52NO4P/c1-7-39-40(6,36)25-32(27-13-14-27)29-10-8-12-31(22-29)38-24-26-17-20-35(21-18-26)33-23-30(37-5)16-15-28(33)11-9-19-34(2,3)4/h8,10,12,15-16,22-23,26-27,32H,7,9,11,13-14,17-21,24-25H2,1-6H3/t32-,40?/m0/s1. The van der Waals surface area contributed by atoms with Gasteiger partial charge in [0.2, 0.25) is 7.37 Å². The highest BCUT2D eigenvalue weighted by Crippen LogP contribution is 2.53. The van der Waals surface area contributed by atoms with E-state index < -0.39 is 7.37 Å². The molecule has 0 bridgehead atoms. The average molecular weight is 570 g/mol. The fourth-order valence-electron chi connectivity index (χ4n) is 6.08. The summed E-state index contributed by atoms with van der Waals surface area (Å²) in [5, 5.41) is 0. The third-order valence-corrected chi connectivity index (χ3v) is 10.4. The Hall–Kier alpha value is -1.97. The normalized spacial score (nSPS) is 18.8. The van der Waals surface area contributed by atoms with Crippen LogP contribution in [0.25, 0.3) is 0 Å². The maximum absolute atomic E-state index is 13.0. The smallest absolute Gasteiger partial charge is 0.200 e. The van der Waals surface area contributed by atoms with Gasteiger partial charge < -0.3 is 18.9 Å². The number of hydrogen-bond donors (Lipinski definition) is 0. The molecule has 1 saturated heterocycles. The molecule has 2 aromatic carbocycles. The molecular weight excluding hydrogens is 517 g/mol. The van der Waals surface area contributed by atoms with Gasteiger partial charge in [0.15, 0.2) is 0 Å². The van der Waals surface area contributed by atoms with E-state index in [1.165, 1.54) is 42.5 Å². The van der Waals surface area contributed by atoms with Crippen molar-refractivity contribution < 1.29 is 18.6 Å². The van der Waals surface area contributed by atoms with Gasteiger partial charge in [-0.2, -0.15) is 0 Å². The minimum absolute atomic E-state index is 0.287. The second kappa shape index (κ2) is 13.8. The first-order valence-electron chi connectivity index (χ1n) is 15.4. The highest BCUT2D eigenvalue weighted by molar-refractivity contribution is 7.58. The van der Waals surface area contributed by atoms with E-state index in [0.717, 1.165) is 50.5 Å². The SMILES string of the molecule is CCOP(C)(=O)C[C@H](c1cccc(OCC2CCN(c3cc(OC)ccc3CCCC(C)(C)C)CC2)c1)C1CC1. The zero-order chi connectivity index (χ0) is 28.8. The molecule has 2 atom stereocenters. The summed E-state index contributed by atoms with van der Waals surface area (Å²) in [6.07, 6.45) is 8.83. The molecule has 40 heavy (non-hydrogen) atoms. The first-order valence-corrected chi connectivity index (χ1v) is 17.7. The van der Waals surface area contributed by atoms with Gasteiger partial charge in [-0.25, -0.2) is 0 Å². The predicted octanol–water partition coefficient (Wildman–Crippen LogP) is 8.80. The van der Waals surface area contributed by atoms with E-state index in [1.807, 2.05) is 6.92 Å². The molecule has 2 fully saturated rings. The number of hydrogen-bond acceptors (Lipinski definition) is 5. The Morgan fingerprint density at radius 3 is 2.42 bits per heavy atom. The lowest BCUT2D eigenvalue weighted by Crippen LogP contribution is -2.36. The van der Waals surface area contributed by atoms with Crippen molar-refractivity contribution in [2.45, 2.75) is 78.6 Å². The largest absolute Gasteiger partial charge is 0.497 e. The van der Waals surface area contributed by atoms with Crippen molar-refractivity contribution >= 4 is 13.1 Å². The van der Waals surface area contributed by atoms with Gasteiger partial charge in [-0.15, -0.1) is 0 Å². The zero-order valence-corrected chi connectivity index (χ0v) is 26.7. The van der Waals surface area contributed by atoms with E-state index in [9.17, 15) is 4.57 Å². The maximum Gasteiger partial charge on any atom is 0.200 e. The summed E-state index contributed by atoms with van der Waals surface area (Å²) in [4.78, 5) is 2.55. The Morgan fingerprint density at radius 1 is 1.02 bits per heavy atom. The van der Waals surface area contributed by atoms with Gasteiger partial charge in [0, 0.05) is 37.7 Å². The van der Waals surface area contributed by atoms with Crippen molar-refractivity contribution in [3.8, 4) is 11.5 Å². The van der Waals surface area contributed by atoms with Crippen LogP contribution in [0.4, 0.5) is 5.69 Å². The maximum atomic E-state index is 13.0. The number of methoxy groups -OCH3 is 1. The fourth-order valence-corrected chi connectivity index (χ4v) is 7.96. The molecule has 6 heteroatoms. The van der Waals surface area contributed by atoms with E-state index in [4.69, 9.17) is 14.0 Å². The lowest BCUT2D eigenvalue weighted by molar-refractivity contribution is 0.222. The molecule has 0 radical (unpaired) electrons. The number of nitrogens with zero attached hydrogens (tertiary/aromatic N) is 1. The summed E-state index contributed by atoms with van der Waals surface area (Å²) >= 11 is 0. The molecule has 0 amide bonds. The molecule has 1 saturated carbocycles. The van der Waals surface area contributed by atoms with Gasteiger partial charge in [0.05, 0.1) is 20.3 Å². The van der Waals surface area contributed by atoms with Crippen LogP contribution < -0.4 is 14.4 Å². The van der Waals surface area contributed by atoms with Crippen LogP contribution >= 0.6 is 7.37 Å². The van der Waals surface area contributed by atoms with Gasteiger partial charge >= 0.3 is 0 Å². The number of benzene rings is 2. The molecule has 2 aromatic rings. The number of piperidine rings is 1. The molecule has 0 N–H and O–H groups in total. The van der Waals surface area contributed by atoms with Crippen LogP contribution in [0, 0.1) is 17.3 Å². The van der Waals surface area contributed by atoms with Gasteiger partial charge in [-0.1, -0.05) is 39.0 Å². The minimum atomic E-state index is -2.59. The average Bonchev–Trinajstić information content (AvgIpc) is 3.76. The van der Waals surface area contributed by atoms with Gasteiger partial charge in [0.1, 0.15) is 11.5 Å². The monoisotopic (exact) mass is 569 g/mol. The molecule has 0 aromatic heterocycles. The Kier molecular flexibility index (Phi) is 10.7. The minimum Gasteiger partial charge on any atom is -0.497 e. The van der Waals surface area contributed by atoms with Crippen molar-refractivity contribution in [3.05, 3.63) is 53.6 Å². The second-order valence-corrected chi connectivity index (χ2v) is 15.9. The predicted molar refractivity (Wildman–Crippen MR) is 168 cm³/mol. The van der Waals surface area contributed by atoms with Crippen LogP contribution in [0.3, 0.4) is 0 Å². The molecule has 0 spiro atoms. The fraction of sp³-hybridized carbons (Fsp3) is 0.647. The summed E-state index contributed by atoms with van der Waals surface area (Å²) < 4.78 is 30.5. The Balaban J connectivity index is 1.33. The molecular formula is C34H52NO4P. The van der Waals surface area contributed by atoms with Crippen molar-refractivity contribution in [2.75, 3.05) is 51.1 Å². The van der Waals surface area contributed by atoms with Gasteiger partial charge in [-0.3, -0.25) is 4.57 Å². The van der Waals surface area contributed by atoms with Crippen LogP contribution in [-0.4, -0.2) is 46.2 Å². The van der Waals surface area contributed by atoms with E-state index in [0.29, 0.717) is 30.0 Å². The highest BCUT2D eigenvalue weighted by Gasteiger charge is 2.36. The molecule has 4 rings (SSSR count). The summed E-state index contributed by atoms with van der Waals surface area (Å²) in [5.74, 6) is 3.31. The van der Waals surface area contributed by atoms with E-state index in [1.54, 1.807) is 13.8 Å². The van der Waals surface area contributed by atoms with Crippen molar-refractivity contribution in [2.24, 2.45) is 17.3 Å². The van der Waals surface area contributed by atoms with E-state index in [2.05, 4.69) is 68.1 Å². The lowest BCUT2D eigenvalue weighted by atomic mass is 9.88. The number of ether oxygens (including phenoxy) is 2. The molecule has 1 heterocycles. The van der Waals surface area contributed by atoms with Crippen LogP contribution in [-0.2, 0) is 15.5 Å². The quantitative estimate of drug-likeness (QED) is 0.213. The molecule has 1 aliphatic heterocycles. The molecule has 2 aliphatic rings. The summed E-state index contributed by atoms with van der Waals surface area (Å²) in [6, 6.07) is 15.1. The first kappa shape index (κ1) is 31.0. The lowest BCUT2D eigenvalue weighted by Gasteiger charge is -2.35. The van der Waals surface area contributed by atoms with Crippen LogP contribution in [0.5, 0.6) is 11.5 Å². The topological polar surface area (TPSA) is 48.0 Å². The number of anilines is 1. The third-order valence-electron chi connectivity index (χ3n) is 8.51. The van der Waals surface area contributed by atoms with Crippen LogP contribution in [0.2, 0.25) is 0 Å². The Morgan fingerprint density at radius 2 is 1.77 bits per heavy atom. The molecule has 222 valence electrons. The summed E-state index contributed by atoms with van der Waals surface area (Å²) in [5.41, 5.74) is 4.38. The van der Waals surface area contributed by atoms with Crippen molar-refractivity contribution in [3.63, 3.8) is 0 Å². The summed E-state index contributed by atoms with van der Waals surface area (Å²) in [7, 11) is -0.835. The number of rotatable bonds is 14. The molecule has 5 nitrogen and oxygen atoms in total. The van der Waals surface area contributed by atoms with E-state index >= 15 is 0 Å². The number of aryl methyl sites for hydroxylation is 1. The van der Waals surface area contributed by atoms with Crippen LogP contribution in [0.15, 0.2) is 42.5 Å². The van der Waals surface area contributed by atoms with Crippen LogP contribution in [0.1, 0.15) is 83.3 Å². The second-order valence-electron chi connectivity index (χ2n) is 13.3. The van der Waals surface area contributed by atoms with Crippen molar-refractivity contribution in [1.29, 1.82) is 0 Å².